The molecule has 1 aliphatic heterocycles. The van der Waals surface area contributed by atoms with Gasteiger partial charge in [0.15, 0.2) is 0 Å². The number of hydrogen-bond acceptors (Lipinski definition) is 2. The van der Waals surface area contributed by atoms with E-state index in [2.05, 4.69) is 0 Å². The Balaban J connectivity index is 2.20. The monoisotopic (exact) mass is 312 g/mol. The zero-order chi connectivity index (χ0) is 15.6. The number of aromatic nitrogens is 1. The molecule has 1 aromatic heterocycles. The van der Waals surface area contributed by atoms with Crippen molar-refractivity contribution in [2.75, 3.05) is 13.1 Å². The molecule has 1 saturated heterocycles. The topological polar surface area (TPSA) is 62.5 Å². The van der Waals surface area contributed by atoms with Gasteiger partial charge in [-0.2, -0.15) is 0 Å². The fraction of sp³-hybridized carbons (Fsp3) is 0.600. The van der Waals surface area contributed by atoms with Gasteiger partial charge in [-0.1, -0.05) is 25.4 Å². The summed E-state index contributed by atoms with van der Waals surface area (Å²) in [7, 11) is 0. The Hall–Kier alpha value is -1.49. The molecule has 21 heavy (non-hydrogen) atoms. The third-order valence-corrected chi connectivity index (χ3v) is 4.52. The number of amides is 1. The van der Waals surface area contributed by atoms with E-state index in [1.165, 1.54) is 0 Å². The van der Waals surface area contributed by atoms with E-state index < -0.39 is 11.4 Å². The quantitative estimate of drug-likeness (QED) is 0.909. The van der Waals surface area contributed by atoms with Gasteiger partial charge in [-0.05, 0) is 25.3 Å². The Morgan fingerprint density at radius 2 is 2.14 bits per heavy atom. The van der Waals surface area contributed by atoms with Crippen LogP contribution >= 0.6 is 11.6 Å². The second-order valence-corrected chi connectivity index (χ2v) is 6.09. The number of nitrogens with zero attached hydrogens (tertiary/aromatic N) is 2. The smallest absolute Gasteiger partial charge is 0.311 e. The minimum Gasteiger partial charge on any atom is -0.481 e. The number of hydrogen-bond donors (Lipinski definition) is 1. The molecule has 116 valence electrons. The van der Waals surface area contributed by atoms with Crippen molar-refractivity contribution in [3.63, 3.8) is 0 Å². The average molecular weight is 313 g/mol. The van der Waals surface area contributed by atoms with E-state index in [1.54, 1.807) is 17.2 Å². The molecule has 0 aromatic carbocycles. The van der Waals surface area contributed by atoms with Crippen LogP contribution in [0, 0.1) is 5.41 Å². The van der Waals surface area contributed by atoms with Gasteiger partial charge in [0.05, 0.1) is 10.4 Å². The lowest BCUT2D eigenvalue weighted by Gasteiger charge is -2.23. The molecule has 0 radical (unpaired) electrons. The third-order valence-electron chi connectivity index (χ3n) is 4.32. The van der Waals surface area contributed by atoms with Crippen LogP contribution in [-0.2, 0) is 11.3 Å². The summed E-state index contributed by atoms with van der Waals surface area (Å²) in [5.41, 5.74) is -0.263. The molecule has 0 aliphatic carbocycles. The fourth-order valence-electron chi connectivity index (χ4n) is 2.90. The SMILES string of the molecule is CCCn1cc(Cl)cc1C(=O)N1CCC(CC)(C(=O)O)C1. The van der Waals surface area contributed by atoms with Crippen LogP contribution in [0.4, 0.5) is 0 Å². The van der Waals surface area contributed by atoms with Crippen LogP contribution in [-0.4, -0.2) is 39.5 Å². The number of likely N-dealkylation sites (tertiary alicyclic amines) is 1. The molecule has 1 unspecified atom stereocenters. The predicted octanol–water partition coefficient (Wildman–Crippen LogP) is 2.88. The Bertz CT molecular complexity index is 555. The average Bonchev–Trinajstić information content (AvgIpc) is 3.03. The lowest BCUT2D eigenvalue weighted by Crippen LogP contribution is -2.37. The molecule has 1 atom stereocenters. The van der Waals surface area contributed by atoms with Crippen molar-refractivity contribution in [2.24, 2.45) is 5.41 Å². The van der Waals surface area contributed by atoms with Gasteiger partial charge < -0.3 is 14.6 Å². The van der Waals surface area contributed by atoms with Crippen LogP contribution in [0.15, 0.2) is 12.3 Å². The number of halogens is 1. The number of carbonyl (C=O) groups excluding carboxylic acids is 1. The van der Waals surface area contributed by atoms with Crippen LogP contribution in [0.1, 0.15) is 43.6 Å². The molecule has 2 rings (SSSR count). The summed E-state index contributed by atoms with van der Waals surface area (Å²) in [5, 5.41) is 9.95. The summed E-state index contributed by atoms with van der Waals surface area (Å²) < 4.78 is 1.84. The summed E-state index contributed by atoms with van der Waals surface area (Å²) in [6, 6.07) is 1.66. The second-order valence-electron chi connectivity index (χ2n) is 5.65. The van der Waals surface area contributed by atoms with Crippen molar-refractivity contribution in [2.45, 2.75) is 39.7 Å². The Morgan fingerprint density at radius 1 is 1.43 bits per heavy atom. The first-order chi connectivity index (χ1) is 9.93. The number of aliphatic carboxylic acids is 1. The van der Waals surface area contributed by atoms with E-state index in [4.69, 9.17) is 11.6 Å². The van der Waals surface area contributed by atoms with Crippen molar-refractivity contribution in [3.8, 4) is 0 Å². The zero-order valence-electron chi connectivity index (χ0n) is 12.4. The molecule has 1 fully saturated rings. The summed E-state index contributed by atoms with van der Waals surface area (Å²) in [5.74, 6) is -0.950. The summed E-state index contributed by atoms with van der Waals surface area (Å²) in [6.07, 6.45) is 3.69. The van der Waals surface area contributed by atoms with Crippen molar-refractivity contribution in [1.82, 2.24) is 9.47 Å². The van der Waals surface area contributed by atoms with Crippen LogP contribution in [0.2, 0.25) is 5.02 Å². The number of carbonyl (C=O) groups is 2. The maximum atomic E-state index is 12.6. The number of carboxylic acid groups (broad SMARTS) is 1. The minimum absolute atomic E-state index is 0.132. The Labute approximate surface area is 129 Å². The van der Waals surface area contributed by atoms with Crippen molar-refractivity contribution in [1.29, 1.82) is 0 Å². The van der Waals surface area contributed by atoms with Gasteiger partial charge in [-0.15, -0.1) is 0 Å². The van der Waals surface area contributed by atoms with Gasteiger partial charge in [-0.25, -0.2) is 0 Å². The van der Waals surface area contributed by atoms with Crippen LogP contribution in [0.3, 0.4) is 0 Å². The molecule has 1 aromatic rings. The maximum absolute atomic E-state index is 12.6. The first-order valence-electron chi connectivity index (χ1n) is 7.32. The van der Waals surface area contributed by atoms with E-state index in [9.17, 15) is 14.7 Å². The van der Waals surface area contributed by atoms with E-state index in [0.29, 0.717) is 30.1 Å². The highest BCUT2D eigenvalue weighted by atomic mass is 35.5. The predicted molar refractivity (Wildman–Crippen MR) is 80.6 cm³/mol. The minimum atomic E-state index is -0.817. The highest BCUT2D eigenvalue weighted by Gasteiger charge is 2.45. The molecular weight excluding hydrogens is 292 g/mol. The van der Waals surface area contributed by atoms with Crippen molar-refractivity contribution >= 4 is 23.5 Å². The van der Waals surface area contributed by atoms with Crippen LogP contribution < -0.4 is 0 Å². The number of aryl methyl sites for hydroxylation is 1. The highest BCUT2D eigenvalue weighted by molar-refractivity contribution is 6.31. The summed E-state index contributed by atoms with van der Waals surface area (Å²) >= 11 is 6.00. The lowest BCUT2D eigenvalue weighted by molar-refractivity contribution is -0.148. The molecule has 1 aliphatic rings. The van der Waals surface area contributed by atoms with Gasteiger partial charge in [-0.3, -0.25) is 9.59 Å². The van der Waals surface area contributed by atoms with E-state index in [0.717, 1.165) is 13.0 Å². The normalized spacial score (nSPS) is 21.8. The second kappa shape index (κ2) is 6.10. The molecule has 5 nitrogen and oxygen atoms in total. The Kier molecular flexibility index (Phi) is 4.61. The highest BCUT2D eigenvalue weighted by Crippen LogP contribution is 2.35. The maximum Gasteiger partial charge on any atom is 0.311 e. The molecule has 1 N–H and O–H groups in total. The molecular formula is C15H21ClN2O3. The van der Waals surface area contributed by atoms with Gasteiger partial charge in [0, 0.05) is 25.8 Å². The van der Waals surface area contributed by atoms with Gasteiger partial charge in [0.25, 0.3) is 5.91 Å². The fourth-order valence-corrected chi connectivity index (χ4v) is 3.12. The lowest BCUT2D eigenvalue weighted by atomic mass is 9.84. The van der Waals surface area contributed by atoms with Gasteiger partial charge >= 0.3 is 5.97 Å². The first-order valence-corrected chi connectivity index (χ1v) is 7.69. The van der Waals surface area contributed by atoms with Crippen LogP contribution in [0.5, 0.6) is 0 Å². The van der Waals surface area contributed by atoms with E-state index in [-0.39, 0.29) is 12.5 Å². The summed E-state index contributed by atoms with van der Waals surface area (Å²) in [4.78, 5) is 25.7. The van der Waals surface area contributed by atoms with Gasteiger partial charge in [0.2, 0.25) is 0 Å². The molecule has 0 bridgehead atoms. The third kappa shape index (κ3) is 2.93. The zero-order valence-corrected chi connectivity index (χ0v) is 13.2. The van der Waals surface area contributed by atoms with Crippen LogP contribution in [0.25, 0.3) is 0 Å². The number of carboxylic acids is 1. The van der Waals surface area contributed by atoms with E-state index >= 15 is 0 Å². The molecule has 0 spiro atoms. The van der Waals surface area contributed by atoms with Gasteiger partial charge in [0.1, 0.15) is 5.69 Å². The van der Waals surface area contributed by atoms with Crippen molar-refractivity contribution in [3.05, 3.63) is 23.0 Å². The molecule has 0 saturated carbocycles. The van der Waals surface area contributed by atoms with E-state index in [1.807, 2.05) is 18.4 Å². The molecule has 2 heterocycles. The number of rotatable bonds is 5. The standard InChI is InChI=1S/C15H21ClN2O3/c1-3-6-17-9-11(16)8-12(17)13(19)18-7-5-15(4-2,10-18)14(20)21/h8-9H,3-7,10H2,1-2H3,(H,20,21). The van der Waals surface area contributed by atoms with Crippen molar-refractivity contribution < 1.29 is 14.7 Å². The summed E-state index contributed by atoms with van der Waals surface area (Å²) in [6.45, 7) is 5.36. The molecule has 6 heteroatoms. The Morgan fingerprint density at radius 3 is 2.67 bits per heavy atom. The molecule has 1 amide bonds. The largest absolute Gasteiger partial charge is 0.481 e. The first kappa shape index (κ1) is 15.9.